The smallest absolute Gasteiger partial charge is 0.260 e. The molecular formula is C22H24N2O4. The molecule has 1 N–H and O–H groups in total. The fourth-order valence-electron chi connectivity index (χ4n) is 3.18. The molecule has 146 valence electrons. The van der Waals surface area contributed by atoms with Gasteiger partial charge in [0.2, 0.25) is 5.91 Å². The van der Waals surface area contributed by atoms with Crippen LogP contribution in [0, 0.1) is 5.92 Å². The van der Waals surface area contributed by atoms with E-state index in [1.165, 1.54) is 6.92 Å². The Morgan fingerprint density at radius 3 is 2.25 bits per heavy atom. The number of nitrogens with one attached hydrogen (secondary N) is 1. The second-order valence-electron chi connectivity index (χ2n) is 6.88. The van der Waals surface area contributed by atoms with Crippen LogP contribution in [0.25, 0.3) is 0 Å². The summed E-state index contributed by atoms with van der Waals surface area (Å²) in [5, 5.41) is 2.92. The topological polar surface area (TPSA) is 75.7 Å². The normalized spacial score (nSPS) is 14.4. The van der Waals surface area contributed by atoms with Crippen LogP contribution in [0.5, 0.6) is 5.75 Å². The number of likely N-dealkylation sites (tertiary alicyclic amines) is 1. The molecule has 2 aromatic carbocycles. The van der Waals surface area contributed by atoms with Crippen LogP contribution in [0.4, 0.5) is 5.69 Å². The molecule has 2 amide bonds. The van der Waals surface area contributed by atoms with Gasteiger partial charge in [-0.05, 0) is 56.2 Å². The summed E-state index contributed by atoms with van der Waals surface area (Å²) in [5.41, 5.74) is 1.39. The van der Waals surface area contributed by atoms with Gasteiger partial charge < -0.3 is 15.0 Å². The minimum absolute atomic E-state index is 0.000102. The Balaban J connectivity index is 1.43. The predicted octanol–water partition coefficient (Wildman–Crippen LogP) is 3.15. The summed E-state index contributed by atoms with van der Waals surface area (Å²) in [6.07, 6.45) is 1.27. The molecule has 1 aliphatic rings. The van der Waals surface area contributed by atoms with E-state index in [1.54, 1.807) is 29.2 Å². The summed E-state index contributed by atoms with van der Waals surface area (Å²) in [6, 6.07) is 16.1. The van der Waals surface area contributed by atoms with Crippen molar-refractivity contribution in [2.75, 3.05) is 25.0 Å². The van der Waals surface area contributed by atoms with Crippen LogP contribution in [0.15, 0.2) is 54.6 Å². The van der Waals surface area contributed by atoms with E-state index in [9.17, 15) is 14.4 Å². The molecule has 0 unspecified atom stereocenters. The number of hydrogen-bond acceptors (Lipinski definition) is 4. The maximum Gasteiger partial charge on any atom is 0.260 e. The Kier molecular flexibility index (Phi) is 6.42. The second-order valence-corrected chi connectivity index (χ2v) is 6.88. The Hall–Kier alpha value is -3.15. The van der Waals surface area contributed by atoms with Gasteiger partial charge in [0.05, 0.1) is 0 Å². The summed E-state index contributed by atoms with van der Waals surface area (Å²) in [5.74, 6) is 0.347. The number of Topliss-reactive ketones (excluding diaryl/α,β-unsaturated/α-hetero) is 1. The average molecular weight is 380 g/mol. The Morgan fingerprint density at radius 1 is 1.00 bits per heavy atom. The molecule has 0 spiro atoms. The molecule has 1 heterocycles. The van der Waals surface area contributed by atoms with Crippen molar-refractivity contribution in [1.82, 2.24) is 4.90 Å². The number of para-hydroxylation sites is 1. The molecule has 0 saturated carbocycles. The van der Waals surface area contributed by atoms with E-state index < -0.39 is 0 Å². The van der Waals surface area contributed by atoms with E-state index in [4.69, 9.17) is 4.74 Å². The fourth-order valence-corrected chi connectivity index (χ4v) is 3.18. The van der Waals surface area contributed by atoms with E-state index in [2.05, 4.69) is 5.32 Å². The highest BCUT2D eigenvalue weighted by atomic mass is 16.5. The van der Waals surface area contributed by atoms with E-state index in [1.807, 2.05) is 30.3 Å². The summed E-state index contributed by atoms with van der Waals surface area (Å²) in [6.45, 7) is 2.53. The third-order valence-corrected chi connectivity index (χ3v) is 4.88. The van der Waals surface area contributed by atoms with Gasteiger partial charge in [-0.2, -0.15) is 0 Å². The van der Waals surface area contributed by atoms with Gasteiger partial charge >= 0.3 is 0 Å². The zero-order chi connectivity index (χ0) is 19.9. The first-order valence-electron chi connectivity index (χ1n) is 9.40. The Morgan fingerprint density at radius 2 is 1.64 bits per heavy atom. The van der Waals surface area contributed by atoms with E-state index >= 15 is 0 Å². The lowest BCUT2D eigenvalue weighted by atomic mass is 9.95. The zero-order valence-corrected chi connectivity index (χ0v) is 15.9. The molecule has 1 saturated heterocycles. The Bertz CT molecular complexity index is 825. The number of ketones is 1. The molecule has 0 bridgehead atoms. The first-order valence-corrected chi connectivity index (χ1v) is 9.40. The lowest BCUT2D eigenvalue weighted by Crippen LogP contribution is -2.43. The molecule has 0 aliphatic carbocycles. The van der Waals surface area contributed by atoms with E-state index in [0.717, 1.165) is 5.69 Å². The molecule has 1 aliphatic heterocycles. The minimum Gasteiger partial charge on any atom is -0.484 e. The highest BCUT2D eigenvalue weighted by Crippen LogP contribution is 2.20. The van der Waals surface area contributed by atoms with Crippen molar-refractivity contribution in [2.45, 2.75) is 19.8 Å². The minimum atomic E-state index is -0.0995. The van der Waals surface area contributed by atoms with Gasteiger partial charge in [-0.25, -0.2) is 0 Å². The average Bonchev–Trinajstić information content (AvgIpc) is 2.73. The van der Waals surface area contributed by atoms with Crippen molar-refractivity contribution in [3.8, 4) is 5.75 Å². The number of hydrogen-bond donors (Lipinski definition) is 1. The van der Waals surface area contributed by atoms with Crippen LogP contribution in [-0.2, 0) is 9.59 Å². The molecule has 6 nitrogen and oxygen atoms in total. The number of rotatable bonds is 6. The quantitative estimate of drug-likeness (QED) is 0.781. The number of amides is 2. The first-order chi connectivity index (χ1) is 13.5. The van der Waals surface area contributed by atoms with Gasteiger partial charge in [0.15, 0.2) is 12.4 Å². The second kappa shape index (κ2) is 9.17. The third-order valence-electron chi connectivity index (χ3n) is 4.88. The first kappa shape index (κ1) is 19.6. The number of carbonyl (C=O) groups is 3. The summed E-state index contributed by atoms with van der Waals surface area (Å²) < 4.78 is 5.53. The van der Waals surface area contributed by atoms with Gasteiger partial charge in [0, 0.05) is 30.3 Å². The van der Waals surface area contributed by atoms with Gasteiger partial charge in [-0.1, -0.05) is 18.2 Å². The van der Waals surface area contributed by atoms with Gasteiger partial charge in [0.25, 0.3) is 5.91 Å². The van der Waals surface area contributed by atoms with Crippen LogP contribution in [-0.4, -0.2) is 42.2 Å². The maximum absolute atomic E-state index is 12.4. The number of carbonyl (C=O) groups excluding carboxylic acids is 3. The lowest BCUT2D eigenvalue weighted by molar-refractivity contribution is -0.136. The molecule has 3 rings (SSSR count). The van der Waals surface area contributed by atoms with E-state index in [-0.39, 0.29) is 30.1 Å². The molecule has 0 atom stereocenters. The summed E-state index contributed by atoms with van der Waals surface area (Å²) in [7, 11) is 0. The van der Waals surface area contributed by atoms with Crippen LogP contribution in [0.1, 0.15) is 30.1 Å². The lowest BCUT2D eigenvalue weighted by Gasteiger charge is -2.31. The maximum atomic E-state index is 12.4. The van der Waals surface area contributed by atoms with Gasteiger partial charge in [0.1, 0.15) is 5.75 Å². The standard InChI is InChI=1S/C22H24N2O4/c1-16(25)17-7-9-20(10-8-17)28-15-21(26)24-13-11-18(12-14-24)22(27)23-19-5-3-2-4-6-19/h2-10,18H,11-15H2,1H3,(H,23,27). The summed E-state index contributed by atoms with van der Waals surface area (Å²) >= 11 is 0. The SMILES string of the molecule is CC(=O)c1ccc(OCC(=O)N2CCC(C(=O)Nc3ccccc3)CC2)cc1. The number of anilines is 1. The van der Waals surface area contributed by atoms with Crippen molar-refractivity contribution >= 4 is 23.3 Å². The molecule has 28 heavy (non-hydrogen) atoms. The van der Waals surface area contributed by atoms with Crippen molar-refractivity contribution in [3.63, 3.8) is 0 Å². The predicted molar refractivity (Wildman–Crippen MR) is 106 cm³/mol. The third kappa shape index (κ3) is 5.19. The number of piperidine rings is 1. The van der Waals surface area contributed by atoms with Crippen molar-refractivity contribution < 1.29 is 19.1 Å². The van der Waals surface area contributed by atoms with E-state index in [0.29, 0.717) is 37.2 Å². The zero-order valence-electron chi connectivity index (χ0n) is 15.9. The molecular weight excluding hydrogens is 356 g/mol. The molecule has 0 aromatic heterocycles. The fraction of sp³-hybridized carbons (Fsp3) is 0.318. The van der Waals surface area contributed by atoms with Gasteiger partial charge in [-0.15, -0.1) is 0 Å². The molecule has 0 radical (unpaired) electrons. The molecule has 1 fully saturated rings. The highest BCUT2D eigenvalue weighted by Gasteiger charge is 2.27. The van der Waals surface area contributed by atoms with Crippen molar-refractivity contribution in [2.24, 2.45) is 5.92 Å². The van der Waals surface area contributed by atoms with Crippen molar-refractivity contribution in [3.05, 3.63) is 60.2 Å². The van der Waals surface area contributed by atoms with Crippen LogP contribution >= 0.6 is 0 Å². The van der Waals surface area contributed by atoms with Crippen LogP contribution in [0.2, 0.25) is 0 Å². The highest BCUT2D eigenvalue weighted by molar-refractivity contribution is 5.94. The number of nitrogens with zero attached hydrogens (tertiary/aromatic N) is 1. The van der Waals surface area contributed by atoms with Gasteiger partial charge in [-0.3, -0.25) is 14.4 Å². The molecule has 6 heteroatoms. The molecule has 2 aromatic rings. The van der Waals surface area contributed by atoms with Crippen molar-refractivity contribution in [1.29, 1.82) is 0 Å². The summed E-state index contributed by atoms with van der Waals surface area (Å²) in [4.78, 5) is 37.7. The Labute approximate surface area is 164 Å². The van der Waals surface area contributed by atoms with Crippen LogP contribution in [0.3, 0.4) is 0 Å². The largest absolute Gasteiger partial charge is 0.484 e. The van der Waals surface area contributed by atoms with Crippen LogP contribution < -0.4 is 10.1 Å². The number of ether oxygens (including phenoxy) is 1. The number of benzene rings is 2. The monoisotopic (exact) mass is 380 g/mol.